The van der Waals surface area contributed by atoms with Crippen molar-refractivity contribution in [2.24, 2.45) is 0 Å². The number of hydrogen-bond donors (Lipinski definition) is 1. The van der Waals surface area contributed by atoms with Crippen molar-refractivity contribution in [2.75, 3.05) is 0 Å². The van der Waals surface area contributed by atoms with Gasteiger partial charge >= 0.3 is 0 Å². The highest BCUT2D eigenvalue weighted by Crippen LogP contribution is 1.81. The first-order valence-corrected chi connectivity index (χ1v) is 2.84. The molecule has 0 unspecified atom stereocenters. The Hall–Kier alpha value is -1.45. The molecule has 1 aromatic rings. The summed E-state index contributed by atoms with van der Waals surface area (Å²) in [5.41, 5.74) is 0.201. The molecule has 4 heteroatoms. The van der Waals surface area contributed by atoms with Crippen molar-refractivity contribution in [1.82, 2.24) is 15.2 Å². The van der Waals surface area contributed by atoms with Crippen LogP contribution in [0.1, 0.15) is 5.69 Å². The molecule has 0 spiro atoms. The van der Waals surface area contributed by atoms with Gasteiger partial charge in [0.1, 0.15) is 12.0 Å². The quantitative estimate of drug-likeness (QED) is 0.579. The molecule has 0 amide bonds. The summed E-state index contributed by atoms with van der Waals surface area (Å²) in [4.78, 5) is 13.2. The Morgan fingerprint density at radius 1 is 1.80 bits per heavy atom. The van der Waals surface area contributed by atoms with E-state index in [0.717, 1.165) is 0 Å². The van der Waals surface area contributed by atoms with E-state index >= 15 is 0 Å². The average Bonchev–Trinajstić information content (AvgIpc) is 1.94. The van der Waals surface area contributed by atoms with E-state index < -0.39 is 0 Å². The van der Waals surface area contributed by atoms with Crippen LogP contribution in [-0.4, -0.2) is 15.2 Å². The van der Waals surface area contributed by atoms with Crippen LogP contribution in [0.2, 0.25) is 0 Å². The summed E-state index contributed by atoms with van der Waals surface area (Å²) in [7, 11) is 0. The van der Waals surface area contributed by atoms with Gasteiger partial charge in [0.25, 0.3) is 5.56 Å². The normalized spacial score (nSPS) is 9.20. The lowest BCUT2D eigenvalue weighted by Gasteiger charge is -1.88. The fraction of sp³-hybridized carbons (Fsp3) is 0.167. The smallest absolute Gasteiger partial charge is 0.273 e. The number of hydrogen-bond acceptors (Lipinski definition) is 3. The molecule has 1 heterocycles. The number of allylic oxidation sites excluding steroid dienone is 1. The van der Waals surface area contributed by atoms with Gasteiger partial charge in [0.2, 0.25) is 0 Å². The Kier molecular flexibility index (Phi) is 1.94. The van der Waals surface area contributed by atoms with E-state index in [1.807, 2.05) is 0 Å². The van der Waals surface area contributed by atoms with Crippen molar-refractivity contribution in [3.05, 3.63) is 35.0 Å². The molecule has 1 rings (SSSR count). The molecular formula is C6H7N3O. The minimum atomic E-state index is -0.199. The summed E-state index contributed by atoms with van der Waals surface area (Å²) in [5.74, 6) is 0. The van der Waals surface area contributed by atoms with Crippen LogP contribution in [0.5, 0.6) is 0 Å². The summed E-state index contributed by atoms with van der Waals surface area (Å²) < 4.78 is 0. The lowest BCUT2D eigenvalue weighted by Crippen LogP contribution is -2.14. The van der Waals surface area contributed by atoms with E-state index in [2.05, 4.69) is 21.8 Å². The molecule has 0 aromatic carbocycles. The van der Waals surface area contributed by atoms with Gasteiger partial charge < -0.3 is 4.98 Å². The molecule has 0 saturated carbocycles. The molecule has 0 aliphatic carbocycles. The van der Waals surface area contributed by atoms with Crippen molar-refractivity contribution in [2.45, 2.75) is 6.42 Å². The van der Waals surface area contributed by atoms with Crippen LogP contribution >= 0.6 is 0 Å². The van der Waals surface area contributed by atoms with Crippen molar-refractivity contribution in [3.63, 3.8) is 0 Å². The van der Waals surface area contributed by atoms with Crippen LogP contribution in [-0.2, 0) is 6.42 Å². The maximum absolute atomic E-state index is 10.8. The molecule has 0 aliphatic heterocycles. The summed E-state index contributed by atoms with van der Waals surface area (Å²) >= 11 is 0. The molecule has 0 bridgehead atoms. The van der Waals surface area contributed by atoms with E-state index in [-0.39, 0.29) is 5.56 Å². The lowest BCUT2D eigenvalue weighted by atomic mass is 10.3. The molecule has 1 N–H and O–H groups in total. The minimum Gasteiger partial charge on any atom is -0.310 e. The molecule has 0 saturated heterocycles. The third-order valence-electron chi connectivity index (χ3n) is 1.03. The van der Waals surface area contributed by atoms with Crippen molar-refractivity contribution in [3.8, 4) is 0 Å². The van der Waals surface area contributed by atoms with Gasteiger partial charge in [0.15, 0.2) is 0 Å². The molecule has 1 aromatic heterocycles. The largest absolute Gasteiger partial charge is 0.310 e. The maximum Gasteiger partial charge on any atom is 0.273 e. The molecule has 0 atom stereocenters. The Morgan fingerprint density at radius 3 is 3.20 bits per heavy atom. The van der Waals surface area contributed by atoms with Crippen molar-refractivity contribution >= 4 is 0 Å². The van der Waals surface area contributed by atoms with Gasteiger partial charge in [-0.15, -0.1) is 16.8 Å². The predicted octanol–water partition coefficient (Wildman–Crippen LogP) is -0.107. The Morgan fingerprint density at radius 2 is 2.60 bits per heavy atom. The molecule has 0 aliphatic rings. The van der Waals surface area contributed by atoms with E-state index in [1.165, 1.54) is 6.33 Å². The van der Waals surface area contributed by atoms with Gasteiger partial charge in [-0.3, -0.25) is 4.79 Å². The molecule has 52 valence electrons. The van der Waals surface area contributed by atoms with E-state index in [0.29, 0.717) is 12.1 Å². The van der Waals surface area contributed by atoms with Crippen LogP contribution in [0.25, 0.3) is 0 Å². The van der Waals surface area contributed by atoms with E-state index in [1.54, 1.807) is 6.08 Å². The zero-order valence-corrected chi connectivity index (χ0v) is 5.37. The third kappa shape index (κ3) is 1.28. The van der Waals surface area contributed by atoms with Crippen molar-refractivity contribution < 1.29 is 0 Å². The van der Waals surface area contributed by atoms with Crippen LogP contribution in [0, 0.1) is 0 Å². The second-order valence-corrected chi connectivity index (χ2v) is 1.76. The average molecular weight is 137 g/mol. The first-order chi connectivity index (χ1) is 4.84. The van der Waals surface area contributed by atoms with Gasteiger partial charge in [-0.1, -0.05) is 6.08 Å². The first-order valence-electron chi connectivity index (χ1n) is 2.84. The Balaban J connectivity index is 3.03. The van der Waals surface area contributed by atoms with E-state index in [4.69, 9.17) is 0 Å². The zero-order valence-electron chi connectivity index (χ0n) is 5.37. The van der Waals surface area contributed by atoms with Crippen LogP contribution in [0.15, 0.2) is 23.8 Å². The fourth-order valence-electron chi connectivity index (χ4n) is 0.585. The van der Waals surface area contributed by atoms with Gasteiger partial charge in [0.05, 0.1) is 0 Å². The summed E-state index contributed by atoms with van der Waals surface area (Å²) in [5, 5.41) is 7.11. The zero-order chi connectivity index (χ0) is 7.40. The number of nitrogens with zero attached hydrogens (tertiary/aromatic N) is 2. The van der Waals surface area contributed by atoms with Crippen molar-refractivity contribution in [1.29, 1.82) is 0 Å². The highest BCUT2D eigenvalue weighted by molar-refractivity contribution is 4.97. The summed E-state index contributed by atoms with van der Waals surface area (Å²) in [6.45, 7) is 3.48. The third-order valence-corrected chi connectivity index (χ3v) is 1.03. The second-order valence-electron chi connectivity index (χ2n) is 1.76. The second kappa shape index (κ2) is 2.91. The molecule has 0 fully saturated rings. The number of aromatic amines is 1. The van der Waals surface area contributed by atoms with Crippen LogP contribution in [0.3, 0.4) is 0 Å². The van der Waals surface area contributed by atoms with E-state index in [9.17, 15) is 4.79 Å². The molecule has 10 heavy (non-hydrogen) atoms. The Labute approximate surface area is 57.6 Å². The molecule has 0 radical (unpaired) electrons. The predicted molar refractivity (Wildman–Crippen MR) is 36.6 cm³/mol. The van der Waals surface area contributed by atoms with Crippen LogP contribution < -0.4 is 5.56 Å². The minimum absolute atomic E-state index is 0.199. The molecule has 4 nitrogen and oxygen atoms in total. The summed E-state index contributed by atoms with van der Waals surface area (Å²) in [6.07, 6.45) is 3.33. The number of H-pyrrole nitrogens is 1. The van der Waals surface area contributed by atoms with Gasteiger partial charge in [-0.05, 0) is 0 Å². The highest BCUT2D eigenvalue weighted by Gasteiger charge is 1.95. The standard InChI is InChI=1S/C6H7N3O/c1-2-3-5-6(10)7-4-8-9-5/h2,4H,1,3H2,(H,7,8,10). The summed E-state index contributed by atoms with van der Waals surface area (Å²) in [6, 6.07) is 0. The lowest BCUT2D eigenvalue weighted by molar-refractivity contribution is 0.873. The number of rotatable bonds is 2. The van der Waals surface area contributed by atoms with Gasteiger partial charge in [0, 0.05) is 6.42 Å². The molecular weight excluding hydrogens is 130 g/mol. The highest BCUT2D eigenvalue weighted by atomic mass is 16.1. The fourth-order valence-corrected chi connectivity index (χ4v) is 0.585. The Bertz CT molecular complexity index is 278. The van der Waals surface area contributed by atoms with Gasteiger partial charge in [-0.25, -0.2) is 0 Å². The maximum atomic E-state index is 10.8. The first kappa shape index (κ1) is 6.67. The van der Waals surface area contributed by atoms with Crippen LogP contribution in [0.4, 0.5) is 0 Å². The topological polar surface area (TPSA) is 58.6 Å². The number of nitrogens with one attached hydrogen (secondary N) is 1. The SMILES string of the molecule is C=CCc1nnc[nH]c1=O. The monoisotopic (exact) mass is 137 g/mol. The van der Waals surface area contributed by atoms with Gasteiger partial charge in [-0.2, -0.15) is 0 Å². The number of aromatic nitrogens is 3.